The second-order valence-corrected chi connectivity index (χ2v) is 10.1. The van der Waals surface area contributed by atoms with Crippen molar-refractivity contribution in [1.82, 2.24) is 14.5 Å². The van der Waals surface area contributed by atoms with Crippen LogP contribution >= 0.6 is 11.8 Å². The van der Waals surface area contributed by atoms with Gasteiger partial charge in [-0.25, -0.2) is 8.42 Å². The van der Waals surface area contributed by atoms with Crippen LogP contribution in [-0.2, 0) is 10.0 Å². The number of benzene rings is 2. The second kappa shape index (κ2) is 8.89. The van der Waals surface area contributed by atoms with Gasteiger partial charge in [-0.15, -0.1) is 10.2 Å². The first-order valence-corrected chi connectivity index (χ1v) is 12.3. The van der Waals surface area contributed by atoms with Crippen LogP contribution in [0.1, 0.15) is 5.56 Å². The van der Waals surface area contributed by atoms with Crippen molar-refractivity contribution in [2.24, 2.45) is 0 Å². The van der Waals surface area contributed by atoms with Gasteiger partial charge in [0, 0.05) is 35.7 Å². The van der Waals surface area contributed by atoms with Crippen LogP contribution < -0.4 is 9.47 Å². The van der Waals surface area contributed by atoms with E-state index in [1.807, 2.05) is 0 Å². The molecule has 8 nitrogen and oxygen atoms in total. The fraction of sp³-hybridized carbons (Fsp3) is 0.333. The van der Waals surface area contributed by atoms with Crippen molar-refractivity contribution >= 4 is 21.8 Å². The Hall–Kier alpha value is -2.56. The number of sulfonamides is 1. The van der Waals surface area contributed by atoms with Crippen molar-refractivity contribution in [2.75, 3.05) is 38.8 Å². The Kier molecular flexibility index (Phi) is 6.22. The fourth-order valence-corrected chi connectivity index (χ4v) is 6.19. The minimum absolute atomic E-state index is 0.246. The molecular formula is C21H23N3O5S2. The minimum atomic E-state index is -3.59. The van der Waals surface area contributed by atoms with Gasteiger partial charge in [-0.3, -0.25) is 0 Å². The van der Waals surface area contributed by atoms with E-state index in [0.29, 0.717) is 47.2 Å². The van der Waals surface area contributed by atoms with E-state index in [4.69, 9.17) is 13.9 Å². The van der Waals surface area contributed by atoms with Gasteiger partial charge < -0.3 is 13.9 Å². The number of nitrogens with zero attached hydrogens (tertiary/aromatic N) is 3. The molecule has 0 aliphatic carbocycles. The first-order chi connectivity index (χ1) is 14.9. The van der Waals surface area contributed by atoms with Crippen LogP contribution in [0.4, 0.5) is 0 Å². The smallest absolute Gasteiger partial charge is 0.248 e. The highest BCUT2D eigenvalue weighted by Gasteiger charge is 2.28. The quantitative estimate of drug-likeness (QED) is 0.551. The zero-order valence-electron chi connectivity index (χ0n) is 17.5. The average Bonchev–Trinajstić information content (AvgIpc) is 3.29. The lowest BCUT2D eigenvalue weighted by Gasteiger charge is -2.26. The zero-order chi connectivity index (χ0) is 22.0. The molecule has 0 saturated carbocycles. The van der Waals surface area contributed by atoms with Gasteiger partial charge in [0.25, 0.3) is 0 Å². The maximum absolute atomic E-state index is 13.2. The second-order valence-electron chi connectivity index (χ2n) is 6.98. The topological polar surface area (TPSA) is 94.8 Å². The molecule has 1 fully saturated rings. The van der Waals surface area contributed by atoms with Gasteiger partial charge in [0.15, 0.2) is 11.5 Å². The van der Waals surface area contributed by atoms with Crippen molar-refractivity contribution in [3.63, 3.8) is 0 Å². The molecule has 0 bridgehead atoms. The Balaban J connectivity index is 1.68. The summed E-state index contributed by atoms with van der Waals surface area (Å²) >= 11 is 1.76. The number of hydrogen-bond donors (Lipinski definition) is 0. The number of ether oxygens (including phenoxy) is 2. The lowest BCUT2D eigenvalue weighted by molar-refractivity contribution is 0.355. The molecule has 10 heteroatoms. The van der Waals surface area contributed by atoms with Gasteiger partial charge in [0.05, 0.1) is 19.1 Å². The lowest BCUT2D eigenvalue weighted by atomic mass is 10.1. The van der Waals surface area contributed by atoms with E-state index in [1.54, 1.807) is 73.6 Å². The molecule has 4 rings (SSSR count). The summed E-state index contributed by atoms with van der Waals surface area (Å²) in [5.41, 5.74) is 1.90. The van der Waals surface area contributed by atoms with Gasteiger partial charge in [-0.05, 0) is 42.8 Å². The van der Waals surface area contributed by atoms with Crippen LogP contribution in [0.3, 0.4) is 0 Å². The molecule has 2 heterocycles. The number of aromatic nitrogens is 2. The molecule has 1 aliphatic rings. The molecule has 0 unspecified atom stereocenters. The molecule has 31 heavy (non-hydrogen) atoms. The van der Waals surface area contributed by atoms with Crippen LogP contribution in [0.5, 0.6) is 11.5 Å². The summed E-state index contributed by atoms with van der Waals surface area (Å²) in [5, 5.41) is 8.25. The summed E-state index contributed by atoms with van der Waals surface area (Å²) in [7, 11) is -0.470. The fourth-order valence-electron chi connectivity index (χ4n) is 3.36. The summed E-state index contributed by atoms with van der Waals surface area (Å²) in [6.45, 7) is 2.82. The molecule has 0 spiro atoms. The van der Waals surface area contributed by atoms with Gasteiger partial charge in [0.2, 0.25) is 21.8 Å². The minimum Gasteiger partial charge on any atom is -0.493 e. The van der Waals surface area contributed by atoms with E-state index in [9.17, 15) is 8.42 Å². The lowest BCUT2D eigenvalue weighted by Crippen LogP contribution is -2.38. The van der Waals surface area contributed by atoms with E-state index in [1.165, 1.54) is 0 Å². The highest BCUT2D eigenvalue weighted by Crippen LogP contribution is 2.33. The number of aryl methyl sites for hydroxylation is 1. The first kappa shape index (κ1) is 21.7. The van der Waals surface area contributed by atoms with Crippen molar-refractivity contribution in [3.8, 4) is 34.4 Å². The van der Waals surface area contributed by atoms with E-state index < -0.39 is 10.0 Å². The van der Waals surface area contributed by atoms with Gasteiger partial charge in [-0.2, -0.15) is 16.1 Å². The Labute approximate surface area is 185 Å². The zero-order valence-corrected chi connectivity index (χ0v) is 19.1. The van der Waals surface area contributed by atoms with Crippen molar-refractivity contribution in [1.29, 1.82) is 0 Å². The molecule has 0 N–H and O–H groups in total. The van der Waals surface area contributed by atoms with Crippen LogP contribution in [0, 0.1) is 6.92 Å². The molecular weight excluding hydrogens is 438 g/mol. The standard InChI is InChI=1S/C21H23N3O5S2/c1-14-4-5-16(13-19(14)31(25,26)24-8-10-30-11-9-24)21-23-22-20(29-21)15-6-7-17(27-2)18(12-15)28-3/h4-7,12-13H,8-11H2,1-3H3. The van der Waals surface area contributed by atoms with E-state index in [2.05, 4.69) is 10.2 Å². The predicted octanol–water partition coefficient (Wildman–Crippen LogP) is 3.47. The number of thioether (sulfide) groups is 1. The van der Waals surface area contributed by atoms with Crippen molar-refractivity contribution in [2.45, 2.75) is 11.8 Å². The summed E-state index contributed by atoms with van der Waals surface area (Å²) in [6, 6.07) is 10.4. The number of methoxy groups -OCH3 is 2. The maximum atomic E-state index is 13.2. The van der Waals surface area contributed by atoms with E-state index in [0.717, 1.165) is 11.5 Å². The molecule has 1 saturated heterocycles. The Morgan fingerprint density at radius 1 is 0.935 bits per heavy atom. The molecule has 0 radical (unpaired) electrons. The first-order valence-electron chi connectivity index (χ1n) is 9.69. The third-order valence-corrected chi connectivity index (χ3v) is 8.06. The third kappa shape index (κ3) is 4.28. The third-order valence-electron chi connectivity index (χ3n) is 5.08. The number of hydrogen-bond acceptors (Lipinski definition) is 8. The normalized spacial score (nSPS) is 15.1. The van der Waals surface area contributed by atoms with Crippen molar-refractivity contribution in [3.05, 3.63) is 42.0 Å². The molecule has 1 aliphatic heterocycles. The molecule has 1 aromatic heterocycles. The highest BCUT2D eigenvalue weighted by atomic mass is 32.2. The summed E-state index contributed by atoms with van der Waals surface area (Å²) in [4.78, 5) is 0.266. The predicted molar refractivity (Wildman–Crippen MR) is 119 cm³/mol. The monoisotopic (exact) mass is 461 g/mol. The largest absolute Gasteiger partial charge is 0.493 e. The average molecular weight is 462 g/mol. The SMILES string of the molecule is COc1ccc(-c2nnc(-c3ccc(C)c(S(=O)(=O)N4CCSCC4)c3)o2)cc1OC. The van der Waals surface area contributed by atoms with Crippen LogP contribution in [0.15, 0.2) is 45.7 Å². The van der Waals surface area contributed by atoms with Crippen molar-refractivity contribution < 1.29 is 22.3 Å². The summed E-state index contributed by atoms with van der Waals surface area (Å²) in [5.74, 6) is 3.29. The van der Waals surface area contributed by atoms with Crippen LogP contribution in [0.25, 0.3) is 22.9 Å². The Bertz CT molecular complexity index is 1190. The molecule has 0 atom stereocenters. The van der Waals surface area contributed by atoms with E-state index >= 15 is 0 Å². The summed E-state index contributed by atoms with van der Waals surface area (Å²) < 4.78 is 44.3. The number of rotatable bonds is 6. The molecule has 0 amide bonds. The Morgan fingerprint density at radius 3 is 2.19 bits per heavy atom. The molecule has 3 aromatic rings. The molecule has 2 aromatic carbocycles. The summed E-state index contributed by atoms with van der Waals surface area (Å²) in [6.07, 6.45) is 0. The van der Waals surface area contributed by atoms with Gasteiger partial charge >= 0.3 is 0 Å². The highest BCUT2D eigenvalue weighted by molar-refractivity contribution is 7.99. The maximum Gasteiger partial charge on any atom is 0.248 e. The molecule has 164 valence electrons. The van der Waals surface area contributed by atoms with Crippen LogP contribution in [-0.4, -0.2) is 61.7 Å². The van der Waals surface area contributed by atoms with Gasteiger partial charge in [0.1, 0.15) is 0 Å². The Morgan fingerprint density at radius 2 is 1.55 bits per heavy atom. The van der Waals surface area contributed by atoms with E-state index in [-0.39, 0.29) is 10.8 Å². The van der Waals surface area contributed by atoms with Gasteiger partial charge in [-0.1, -0.05) is 6.07 Å². The van der Waals surface area contributed by atoms with Crippen LogP contribution in [0.2, 0.25) is 0 Å².